The summed E-state index contributed by atoms with van der Waals surface area (Å²) >= 11 is 7.17. The van der Waals surface area contributed by atoms with Crippen LogP contribution in [0.1, 0.15) is 42.2 Å². The molecule has 1 aliphatic carbocycles. The van der Waals surface area contributed by atoms with Crippen molar-refractivity contribution >= 4 is 28.5 Å². The number of hydroxylamine groups is 2. The van der Waals surface area contributed by atoms with Crippen LogP contribution in [0.3, 0.4) is 0 Å². The Morgan fingerprint density at radius 3 is 2.61 bits per heavy atom. The summed E-state index contributed by atoms with van der Waals surface area (Å²) in [6, 6.07) is 9.78. The normalized spacial score (nSPS) is 21.1. The molecule has 0 saturated heterocycles. The average Bonchev–Trinajstić information content (AvgIpc) is 3.11. The molecule has 0 bridgehead atoms. The summed E-state index contributed by atoms with van der Waals surface area (Å²) in [5, 5.41) is 1.86. The standard InChI is InChI=1S/C16H18ClN3O2S/c17-16(21)20(22-10-12-4-2-1-3-5-12)14-8-6-13(7-9-14)15-18-11-19-23-15/h1-5,11,13-14H,6-10H2. The van der Waals surface area contributed by atoms with E-state index in [1.807, 2.05) is 30.3 Å². The number of benzene rings is 1. The van der Waals surface area contributed by atoms with E-state index in [0.29, 0.717) is 12.5 Å². The Balaban J connectivity index is 1.56. The SMILES string of the molecule is O=C(Cl)N(OCc1ccccc1)C1CCC(c2ncns2)CC1. The molecular formula is C16H18ClN3O2S. The quantitative estimate of drug-likeness (QED) is 0.456. The summed E-state index contributed by atoms with van der Waals surface area (Å²) in [4.78, 5) is 21.7. The molecule has 0 spiro atoms. The molecule has 1 saturated carbocycles. The topological polar surface area (TPSA) is 55.3 Å². The lowest BCUT2D eigenvalue weighted by Gasteiger charge is -2.34. The maximum Gasteiger partial charge on any atom is 0.340 e. The molecule has 1 amide bonds. The Kier molecular flexibility index (Phi) is 5.59. The van der Waals surface area contributed by atoms with Crippen molar-refractivity contribution in [1.82, 2.24) is 14.4 Å². The van der Waals surface area contributed by atoms with E-state index in [-0.39, 0.29) is 6.04 Å². The third-order valence-corrected chi connectivity index (χ3v) is 5.13. The second-order valence-corrected chi connectivity index (χ2v) is 6.76. The van der Waals surface area contributed by atoms with Crippen LogP contribution in [0, 0.1) is 0 Å². The van der Waals surface area contributed by atoms with Crippen molar-refractivity contribution in [2.75, 3.05) is 0 Å². The number of aromatic nitrogens is 2. The molecule has 1 aromatic carbocycles. The Morgan fingerprint density at radius 2 is 2.00 bits per heavy atom. The number of rotatable bonds is 5. The van der Waals surface area contributed by atoms with Crippen molar-refractivity contribution < 1.29 is 9.63 Å². The zero-order valence-electron chi connectivity index (χ0n) is 12.6. The maximum absolute atomic E-state index is 11.7. The van der Waals surface area contributed by atoms with Crippen LogP contribution in [0.2, 0.25) is 0 Å². The predicted octanol–water partition coefficient (Wildman–Crippen LogP) is 4.36. The van der Waals surface area contributed by atoms with Crippen molar-refractivity contribution in [3.05, 3.63) is 47.2 Å². The Labute approximate surface area is 144 Å². The Morgan fingerprint density at radius 1 is 1.26 bits per heavy atom. The number of hydrogen-bond acceptors (Lipinski definition) is 5. The highest BCUT2D eigenvalue weighted by Gasteiger charge is 2.30. The molecule has 122 valence electrons. The van der Waals surface area contributed by atoms with Crippen LogP contribution in [0.5, 0.6) is 0 Å². The van der Waals surface area contributed by atoms with Crippen molar-refractivity contribution in [2.24, 2.45) is 0 Å². The molecule has 0 atom stereocenters. The van der Waals surface area contributed by atoms with Gasteiger partial charge in [-0.2, -0.15) is 4.37 Å². The number of nitrogens with zero attached hydrogens (tertiary/aromatic N) is 3. The van der Waals surface area contributed by atoms with Gasteiger partial charge in [0.15, 0.2) is 0 Å². The van der Waals surface area contributed by atoms with Crippen LogP contribution in [0.4, 0.5) is 4.79 Å². The van der Waals surface area contributed by atoms with Crippen molar-refractivity contribution in [3.63, 3.8) is 0 Å². The molecule has 1 fully saturated rings. The first kappa shape index (κ1) is 16.4. The molecule has 23 heavy (non-hydrogen) atoms. The van der Waals surface area contributed by atoms with Gasteiger partial charge in [0.2, 0.25) is 0 Å². The maximum atomic E-state index is 11.7. The van der Waals surface area contributed by atoms with Gasteiger partial charge in [0, 0.05) is 5.92 Å². The lowest BCUT2D eigenvalue weighted by Crippen LogP contribution is -2.39. The zero-order chi connectivity index (χ0) is 16.1. The van der Waals surface area contributed by atoms with E-state index in [0.717, 1.165) is 36.3 Å². The first-order valence-electron chi connectivity index (χ1n) is 7.66. The van der Waals surface area contributed by atoms with Gasteiger partial charge in [-0.25, -0.2) is 10.0 Å². The van der Waals surface area contributed by atoms with E-state index in [1.54, 1.807) is 6.33 Å². The molecule has 0 aliphatic heterocycles. The molecule has 0 radical (unpaired) electrons. The lowest BCUT2D eigenvalue weighted by molar-refractivity contribution is -0.154. The smallest absolute Gasteiger partial charge is 0.265 e. The van der Waals surface area contributed by atoms with Crippen LogP contribution >= 0.6 is 23.1 Å². The minimum absolute atomic E-state index is 0.0212. The number of carbonyl (C=O) groups excluding carboxylic acids is 1. The van der Waals surface area contributed by atoms with Crippen LogP contribution < -0.4 is 0 Å². The monoisotopic (exact) mass is 351 g/mol. The third-order valence-electron chi connectivity index (χ3n) is 4.14. The summed E-state index contributed by atoms with van der Waals surface area (Å²) in [5.74, 6) is 0.431. The van der Waals surface area contributed by atoms with Crippen LogP contribution in [-0.2, 0) is 11.4 Å². The van der Waals surface area contributed by atoms with Gasteiger partial charge >= 0.3 is 5.37 Å². The van der Waals surface area contributed by atoms with E-state index >= 15 is 0 Å². The first-order valence-corrected chi connectivity index (χ1v) is 8.81. The fourth-order valence-corrected chi connectivity index (χ4v) is 3.80. The number of amides is 1. The first-order chi connectivity index (χ1) is 11.2. The van der Waals surface area contributed by atoms with Crippen molar-refractivity contribution in [1.29, 1.82) is 0 Å². The lowest BCUT2D eigenvalue weighted by atomic mass is 9.86. The van der Waals surface area contributed by atoms with Gasteiger partial charge < -0.3 is 0 Å². The van der Waals surface area contributed by atoms with E-state index in [4.69, 9.17) is 16.4 Å². The highest BCUT2D eigenvalue weighted by molar-refractivity contribution is 7.05. The van der Waals surface area contributed by atoms with E-state index < -0.39 is 5.37 Å². The second-order valence-electron chi connectivity index (χ2n) is 5.62. The minimum Gasteiger partial charge on any atom is -0.265 e. The molecular weight excluding hydrogens is 334 g/mol. The van der Waals surface area contributed by atoms with Crippen LogP contribution in [0.15, 0.2) is 36.7 Å². The fourth-order valence-electron chi connectivity index (χ4n) is 2.94. The van der Waals surface area contributed by atoms with Gasteiger partial charge in [-0.3, -0.25) is 9.63 Å². The van der Waals surface area contributed by atoms with Crippen molar-refractivity contribution in [2.45, 2.75) is 44.2 Å². The highest BCUT2D eigenvalue weighted by Crippen LogP contribution is 2.35. The van der Waals surface area contributed by atoms with E-state index in [1.165, 1.54) is 16.6 Å². The van der Waals surface area contributed by atoms with Gasteiger partial charge in [0.05, 0.1) is 6.04 Å². The summed E-state index contributed by atoms with van der Waals surface area (Å²) in [6.45, 7) is 0.343. The molecule has 0 unspecified atom stereocenters. The summed E-state index contributed by atoms with van der Waals surface area (Å²) < 4.78 is 4.06. The predicted molar refractivity (Wildman–Crippen MR) is 89.2 cm³/mol. The largest absolute Gasteiger partial charge is 0.340 e. The molecule has 1 heterocycles. The van der Waals surface area contributed by atoms with Gasteiger partial charge in [0.25, 0.3) is 0 Å². The molecule has 7 heteroatoms. The molecule has 2 aromatic rings. The Bertz CT molecular complexity index is 616. The minimum atomic E-state index is -0.555. The number of hydrogen-bond donors (Lipinski definition) is 0. The third kappa shape index (κ3) is 4.28. The van der Waals surface area contributed by atoms with Gasteiger partial charge in [-0.05, 0) is 54.4 Å². The van der Waals surface area contributed by atoms with Crippen LogP contribution in [0.25, 0.3) is 0 Å². The number of carbonyl (C=O) groups is 1. The van der Waals surface area contributed by atoms with Gasteiger partial charge in [0.1, 0.15) is 17.9 Å². The second kappa shape index (κ2) is 7.86. The summed E-state index contributed by atoms with van der Waals surface area (Å²) in [6.07, 6.45) is 5.25. The average molecular weight is 352 g/mol. The summed E-state index contributed by atoms with van der Waals surface area (Å²) in [7, 11) is 0. The molecule has 0 N–H and O–H groups in total. The fraction of sp³-hybridized carbons (Fsp3) is 0.438. The van der Waals surface area contributed by atoms with E-state index in [9.17, 15) is 4.79 Å². The highest BCUT2D eigenvalue weighted by atomic mass is 35.5. The van der Waals surface area contributed by atoms with Crippen molar-refractivity contribution in [3.8, 4) is 0 Å². The van der Waals surface area contributed by atoms with Gasteiger partial charge in [-0.1, -0.05) is 30.3 Å². The van der Waals surface area contributed by atoms with Gasteiger partial charge in [-0.15, -0.1) is 0 Å². The Hall–Kier alpha value is -1.50. The molecule has 1 aromatic heterocycles. The molecule has 1 aliphatic rings. The molecule has 5 nitrogen and oxygen atoms in total. The van der Waals surface area contributed by atoms with E-state index in [2.05, 4.69) is 9.36 Å². The zero-order valence-corrected chi connectivity index (χ0v) is 14.2. The van der Waals surface area contributed by atoms with Crippen LogP contribution in [-0.4, -0.2) is 25.8 Å². The molecule has 3 rings (SSSR count). The number of halogens is 1. The summed E-state index contributed by atoms with van der Waals surface area (Å²) in [5.41, 5.74) is 1.01.